The molecule has 0 saturated carbocycles. The van der Waals surface area contributed by atoms with Crippen LogP contribution in [0.2, 0.25) is 0 Å². The minimum Gasteiger partial charge on any atom is -0.397 e. The third kappa shape index (κ3) is 4.20. The predicted molar refractivity (Wildman–Crippen MR) is 80.4 cm³/mol. The molecule has 1 aliphatic heterocycles. The average molecular weight is 276 g/mol. The molecule has 0 spiro atoms. The van der Waals surface area contributed by atoms with Gasteiger partial charge in [-0.3, -0.25) is 4.79 Å². The Morgan fingerprint density at radius 1 is 1.50 bits per heavy atom. The Morgan fingerprint density at radius 3 is 2.95 bits per heavy atom. The smallest absolute Gasteiger partial charge is 0.272 e. The van der Waals surface area contributed by atoms with Gasteiger partial charge in [0.25, 0.3) is 5.91 Å². The van der Waals surface area contributed by atoms with Crippen LogP contribution in [0.5, 0.6) is 0 Å². The molecule has 2 rings (SSSR count). The molecule has 0 unspecified atom stereocenters. The molecule has 2 heterocycles. The van der Waals surface area contributed by atoms with Gasteiger partial charge in [-0.15, -0.1) is 0 Å². The van der Waals surface area contributed by atoms with Crippen molar-refractivity contribution >= 4 is 11.6 Å². The van der Waals surface area contributed by atoms with Gasteiger partial charge in [-0.05, 0) is 56.9 Å². The maximum atomic E-state index is 11.9. The molecule has 1 saturated heterocycles. The number of nitrogen functional groups attached to an aromatic ring is 1. The zero-order valence-electron chi connectivity index (χ0n) is 12.1. The van der Waals surface area contributed by atoms with Crippen molar-refractivity contribution in [1.29, 1.82) is 0 Å². The summed E-state index contributed by atoms with van der Waals surface area (Å²) in [5.41, 5.74) is 6.47. The number of hydrogen-bond acceptors (Lipinski definition) is 4. The van der Waals surface area contributed by atoms with Crippen LogP contribution >= 0.6 is 0 Å². The summed E-state index contributed by atoms with van der Waals surface area (Å²) in [6.07, 6.45) is 5.13. The van der Waals surface area contributed by atoms with Crippen LogP contribution in [0.15, 0.2) is 18.3 Å². The summed E-state index contributed by atoms with van der Waals surface area (Å²) in [4.78, 5) is 18.4. The monoisotopic (exact) mass is 276 g/mol. The molecule has 110 valence electrons. The van der Waals surface area contributed by atoms with E-state index in [9.17, 15) is 4.79 Å². The van der Waals surface area contributed by atoms with Crippen LogP contribution < -0.4 is 11.1 Å². The van der Waals surface area contributed by atoms with Crippen molar-refractivity contribution in [3.8, 4) is 0 Å². The Kier molecular flexibility index (Phi) is 5.35. The van der Waals surface area contributed by atoms with Crippen LogP contribution in [0.3, 0.4) is 0 Å². The highest BCUT2D eigenvalue weighted by molar-refractivity contribution is 5.96. The van der Waals surface area contributed by atoms with Crippen molar-refractivity contribution in [2.75, 3.05) is 31.9 Å². The summed E-state index contributed by atoms with van der Waals surface area (Å²) < 4.78 is 0. The number of amides is 1. The summed E-state index contributed by atoms with van der Waals surface area (Å²) in [6.45, 7) is 6.39. The fourth-order valence-electron chi connectivity index (χ4n) is 2.48. The zero-order valence-corrected chi connectivity index (χ0v) is 12.1. The average Bonchev–Trinajstić information content (AvgIpc) is 2.46. The summed E-state index contributed by atoms with van der Waals surface area (Å²) in [5, 5.41) is 2.88. The number of likely N-dealkylation sites (tertiary alicyclic amines) is 1. The normalized spacial score (nSPS) is 17.1. The van der Waals surface area contributed by atoms with E-state index >= 15 is 0 Å². The highest BCUT2D eigenvalue weighted by Crippen LogP contribution is 2.15. The molecule has 0 bridgehead atoms. The van der Waals surface area contributed by atoms with Crippen LogP contribution in [0.1, 0.15) is 36.7 Å². The number of nitrogens with zero attached hydrogens (tertiary/aromatic N) is 2. The quantitative estimate of drug-likeness (QED) is 0.800. The van der Waals surface area contributed by atoms with Crippen LogP contribution in [0, 0.1) is 5.92 Å². The van der Waals surface area contributed by atoms with Gasteiger partial charge in [-0.25, -0.2) is 4.98 Å². The van der Waals surface area contributed by atoms with E-state index < -0.39 is 0 Å². The van der Waals surface area contributed by atoms with E-state index in [-0.39, 0.29) is 5.91 Å². The summed E-state index contributed by atoms with van der Waals surface area (Å²) in [7, 11) is 0. The van der Waals surface area contributed by atoms with Crippen molar-refractivity contribution in [2.45, 2.75) is 26.2 Å². The summed E-state index contributed by atoms with van der Waals surface area (Å²) in [5.74, 6) is 0.674. The van der Waals surface area contributed by atoms with Crippen molar-refractivity contribution in [3.05, 3.63) is 24.0 Å². The van der Waals surface area contributed by atoms with E-state index in [0.29, 0.717) is 17.9 Å². The third-order valence-corrected chi connectivity index (χ3v) is 3.87. The second-order valence-corrected chi connectivity index (χ2v) is 5.57. The number of nitrogens with two attached hydrogens (primary N) is 1. The Bertz CT molecular complexity index is 441. The second kappa shape index (κ2) is 7.24. The fraction of sp³-hybridized carbons (Fsp3) is 0.600. The molecular weight excluding hydrogens is 252 g/mol. The summed E-state index contributed by atoms with van der Waals surface area (Å²) in [6, 6.07) is 3.42. The van der Waals surface area contributed by atoms with Crippen molar-refractivity contribution in [1.82, 2.24) is 15.2 Å². The Labute approximate surface area is 120 Å². The molecule has 5 nitrogen and oxygen atoms in total. The fourth-order valence-corrected chi connectivity index (χ4v) is 2.48. The molecule has 1 amide bonds. The first-order valence-electron chi connectivity index (χ1n) is 7.38. The van der Waals surface area contributed by atoms with Gasteiger partial charge in [0.15, 0.2) is 5.69 Å². The molecule has 3 N–H and O–H groups in total. The van der Waals surface area contributed by atoms with Gasteiger partial charge in [0.05, 0.1) is 5.69 Å². The lowest BCUT2D eigenvalue weighted by molar-refractivity contribution is 0.0946. The maximum absolute atomic E-state index is 11.9. The Hall–Kier alpha value is -1.62. The van der Waals surface area contributed by atoms with Crippen LogP contribution in [0.25, 0.3) is 0 Å². The third-order valence-electron chi connectivity index (χ3n) is 3.87. The maximum Gasteiger partial charge on any atom is 0.272 e. The lowest BCUT2D eigenvalue weighted by atomic mass is 9.99. The van der Waals surface area contributed by atoms with Crippen molar-refractivity contribution < 1.29 is 4.79 Å². The van der Waals surface area contributed by atoms with Crippen LogP contribution in [-0.2, 0) is 0 Å². The van der Waals surface area contributed by atoms with E-state index in [2.05, 4.69) is 22.1 Å². The second-order valence-electron chi connectivity index (χ2n) is 5.57. The predicted octanol–water partition coefficient (Wildman–Crippen LogP) is 1.52. The molecule has 0 radical (unpaired) electrons. The molecule has 0 aliphatic carbocycles. The van der Waals surface area contributed by atoms with Crippen molar-refractivity contribution in [2.24, 2.45) is 5.92 Å². The molecular formula is C15H24N4O. The number of carbonyl (C=O) groups is 1. The first-order chi connectivity index (χ1) is 9.66. The number of aromatic nitrogens is 1. The number of hydrogen-bond donors (Lipinski definition) is 2. The van der Waals surface area contributed by atoms with E-state index in [1.807, 2.05) is 0 Å². The minimum absolute atomic E-state index is 0.185. The summed E-state index contributed by atoms with van der Waals surface area (Å²) >= 11 is 0. The standard InChI is InChI=1S/C15H24N4O/c1-12-5-10-19(11-6-12)9-3-8-18-15(20)14-13(16)4-2-7-17-14/h2,4,7,12H,3,5-6,8-11,16H2,1H3,(H,18,20). The van der Waals surface area contributed by atoms with E-state index in [1.165, 1.54) is 25.9 Å². The molecule has 5 heteroatoms. The minimum atomic E-state index is -0.185. The zero-order chi connectivity index (χ0) is 14.4. The number of carbonyl (C=O) groups excluding carboxylic acids is 1. The lowest BCUT2D eigenvalue weighted by Gasteiger charge is -2.30. The highest BCUT2D eigenvalue weighted by atomic mass is 16.1. The molecule has 1 fully saturated rings. The Morgan fingerprint density at radius 2 is 2.25 bits per heavy atom. The number of anilines is 1. The number of rotatable bonds is 5. The number of piperidine rings is 1. The van der Waals surface area contributed by atoms with E-state index in [1.54, 1.807) is 18.3 Å². The SMILES string of the molecule is CC1CCN(CCCNC(=O)c2ncccc2N)CC1. The highest BCUT2D eigenvalue weighted by Gasteiger charge is 2.15. The first kappa shape index (κ1) is 14.8. The topological polar surface area (TPSA) is 71.2 Å². The van der Waals surface area contributed by atoms with Gasteiger partial charge in [0, 0.05) is 12.7 Å². The molecule has 0 aromatic carbocycles. The van der Waals surface area contributed by atoms with Crippen molar-refractivity contribution in [3.63, 3.8) is 0 Å². The molecule has 1 aromatic heterocycles. The van der Waals surface area contributed by atoms with E-state index in [0.717, 1.165) is 18.9 Å². The molecule has 0 atom stereocenters. The van der Waals surface area contributed by atoms with Crippen LogP contribution in [0.4, 0.5) is 5.69 Å². The van der Waals surface area contributed by atoms with Gasteiger partial charge >= 0.3 is 0 Å². The Balaban J connectivity index is 1.66. The molecule has 1 aliphatic rings. The number of pyridine rings is 1. The van der Waals surface area contributed by atoms with Gasteiger partial charge in [-0.1, -0.05) is 6.92 Å². The van der Waals surface area contributed by atoms with Gasteiger partial charge in [0.2, 0.25) is 0 Å². The lowest BCUT2D eigenvalue weighted by Crippen LogP contribution is -2.35. The molecule has 20 heavy (non-hydrogen) atoms. The van der Waals surface area contributed by atoms with Gasteiger partial charge in [-0.2, -0.15) is 0 Å². The first-order valence-corrected chi connectivity index (χ1v) is 7.38. The largest absolute Gasteiger partial charge is 0.397 e. The molecule has 1 aromatic rings. The van der Waals surface area contributed by atoms with Crippen LogP contribution in [-0.4, -0.2) is 42.0 Å². The number of nitrogens with one attached hydrogen (secondary N) is 1. The van der Waals surface area contributed by atoms with Gasteiger partial charge in [0.1, 0.15) is 0 Å². The van der Waals surface area contributed by atoms with E-state index in [4.69, 9.17) is 5.73 Å². The van der Waals surface area contributed by atoms with Gasteiger partial charge < -0.3 is 16.0 Å².